The molecular weight excluding hydrogens is 304 g/mol. The number of hydrogen-bond donors (Lipinski definition) is 1. The highest BCUT2D eigenvalue weighted by molar-refractivity contribution is 9.10. The van der Waals surface area contributed by atoms with Crippen LogP contribution in [0.2, 0.25) is 0 Å². The van der Waals surface area contributed by atoms with E-state index in [-0.39, 0.29) is 5.91 Å². The molecule has 0 saturated carbocycles. The molecule has 0 unspecified atom stereocenters. The lowest BCUT2D eigenvalue weighted by molar-refractivity contribution is -0.115. The van der Waals surface area contributed by atoms with Crippen LogP contribution >= 0.6 is 15.9 Å². The van der Waals surface area contributed by atoms with Crippen LogP contribution in [0.1, 0.15) is 16.8 Å². The minimum Gasteiger partial charge on any atom is -0.326 e. The second kappa shape index (κ2) is 5.97. The van der Waals surface area contributed by atoms with E-state index in [4.69, 9.17) is 0 Å². The predicted molar refractivity (Wildman–Crippen MR) is 80.2 cm³/mol. The molecule has 98 valence electrons. The van der Waals surface area contributed by atoms with Gasteiger partial charge in [-0.05, 0) is 49.2 Å². The SMILES string of the molecule is Cc1ccc(CC(=O)Nc2ccc(Br)cc2C)cn1. The standard InChI is InChI=1S/C15H15BrN2O/c1-10-7-13(16)5-6-14(10)18-15(19)8-12-4-3-11(2)17-9-12/h3-7,9H,8H2,1-2H3,(H,18,19). The smallest absolute Gasteiger partial charge is 0.228 e. The van der Waals surface area contributed by atoms with Crippen LogP contribution in [0.25, 0.3) is 0 Å². The largest absolute Gasteiger partial charge is 0.326 e. The molecule has 2 rings (SSSR count). The van der Waals surface area contributed by atoms with E-state index in [9.17, 15) is 4.79 Å². The molecule has 0 spiro atoms. The summed E-state index contributed by atoms with van der Waals surface area (Å²) in [4.78, 5) is 16.1. The number of halogens is 1. The van der Waals surface area contributed by atoms with Crippen molar-refractivity contribution < 1.29 is 4.79 Å². The number of anilines is 1. The maximum absolute atomic E-state index is 12.0. The molecule has 0 radical (unpaired) electrons. The van der Waals surface area contributed by atoms with Gasteiger partial charge in [0.25, 0.3) is 0 Å². The summed E-state index contributed by atoms with van der Waals surface area (Å²) < 4.78 is 1.01. The van der Waals surface area contributed by atoms with Gasteiger partial charge in [-0.25, -0.2) is 0 Å². The third kappa shape index (κ3) is 3.89. The summed E-state index contributed by atoms with van der Waals surface area (Å²) in [7, 11) is 0. The number of amides is 1. The van der Waals surface area contributed by atoms with E-state index >= 15 is 0 Å². The summed E-state index contributed by atoms with van der Waals surface area (Å²) in [5.74, 6) is -0.0314. The summed E-state index contributed by atoms with van der Waals surface area (Å²) in [5, 5.41) is 2.91. The first kappa shape index (κ1) is 13.7. The molecule has 1 heterocycles. The lowest BCUT2D eigenvalue weighted by atomic mass is 10.1. The van der Waals surface area contributed by atoms with Crippen LogP contribution in [0.3, 0.4) is 0 Å². The highest BCUT2D eigenvalue weighted by atomic mass is 79.9. The molecule has 19 heavy (non-hydrogen) atoms. The molecule has 1 aromatic carbocycles. The van der Waals surface area contributed by atoms with Crippen LogP contribution in [0.4, 0.5) is 5.69 Å². The summed E-state index contributed by atoms with van der Waals surface area (Å²) in [6.07, 6.45) is 2.08. The molecule has 0 aliphatic carbocycles. The van der Waals surface area contributed by atoms with Gasteiger partial charge in [-0.15, -0.1) is 0 Å². The normalized spacial score (nSPS) is 10.3. The number of aromatic nitrogens is 1. The summed E-state index contributed by atoms with van der Waals surface area (Å²) in [6, 6.07) is 9.62. The van der Waals surface area contributed by atoms with E-state index in [2.05, 4.69) is 26.2 Å². The fraction of sp³-hybridized carbons (Fsp3) is 0.200. The third-order valence-electron chi connectivity index (χ3n) is 2.80. The molecule has 0 atom stereocenters. The highest BCUT2D eigenvalue weighted by Crippen LogP contribution is 2.20. The Balaban J connectivity index is 2.03. The quantitative estimate of drug-likeness (QED) is 0.938. The number of nitrogens with one attached hydrogen (secondary N) is 1. The zero-order chi connectivity index (χ0) is 13.8. The number of hydrogen-bond acceptors (Lipinski definition) is 2. The number of rotatable bonds is 3. The summed E-state index contributed by atoms with van der Waals surface area (Å²) in [5.41, 5.74) is 3.74. The fourth-order valence-electron chi connectivity index (χ4n) is 1.75. The molecule has 0 aliphatic heterocycles. The molecule has 1 N–H and O–H groups in total. The van der Waals surface area contributed by atoms with Gasteiger partial charge >= 0.3 is 0 Å². The van der Waals surface area contributed by atoms with Crippen LogP contribution < -0.4 is 5.32 Å². The van der Waals surface area contributed by atoms with Crippen LogP contribution in [-0.2, 0) is 11.2 Å². The molecular formula is C15H15BrN2O. The molecule has 0 bridgehead atoms. The van der Waals surface area contributed by atoms with Crippen molar-refractivity contribution in [2.75, 3.05) is 5.32 Å². The lowest BCUT2D eigenvalue weighted by Gasteiger charge is -2.08. The van der Waals surface area contributed by atoms with Crippen molar-refractivity contribution in [3.05, 3.63) is 57.8 Å². The zero-order valence-corrected chi connectivity index (χ0v) is 12.5. The summed E-state index contributed by atoms with van der Waals surface area (Å²) >= 11 is 3.40. The Kier molecular flexibility index (Phi) is 4.32. The fourth-order valence-corrected chi connectivity index (χ4v) is 2.23. The monoisotopic (exact) mass is 318 g/mol. The van der Waals surface area contributed by atoms with Gasteiger partial charge in [0.2, 0.25) is 5.91 Å². The average molecular weight is 319 g/mol. The van der Waals surface area contributed by atoms with Crippen LogP contribution in [0, 0.1) is 13.8 Å². The van der Waals surface area contributed by atoms with E-state index in [1.165, 1.54) is 0 Å². The minimum atomic E-state index is -0.0314. The Bertz CT molecular complexity index is 594. The number of carbonyl (C=O) groups excluding carboxylic acids is 1. The van der Waals surface area contributed by atoms with E-state index in [1.807, 2.05) is 44.2 Å². The van der Waals surface area contributed by atoms with Gasteiger partial charge in [0.1, 0.15) is 0 Å². The van der Waals surface area contributed by atoms with Gasteiger partial charge in [-0.3, -0.25) is 9.78 Å². The third-order valence-corrected chi connectivity index (χ3v) is 3.29. The molecule has 2 aromatic rings. The van der Waals surface area contributed by atoms with E-state index in [0.29, 0.717) is 6.42 Å². The predicted octanol–water partition coefficient (Wildman–Crippen LogP) is 3.64. The molecule has 0 saturated heterocycles. The number of pyridine rings is 1. The molecule has 0 aliphatic rings. The van der Waals surface area contributed by atoms with Crippen LogP contribution in [-0.4, -0.2) is 10.9 Å². The second-order valence-corrected chi connectivity index (χ2v) is 5.41. The van der Waals surface area contributed by atoms with Crippen molar-refractivity contribution in [3.63, 3.8) is 0 Å². The Morgan fingerprint density at radius 2 is 2.05 bits per heavy atom. The first-order chi connectivity index (χ1) is 9.04. The average Bonchev–Trinajstić information content (AvgIpc) is 2.36. The Labute approximate surface area is 121 Å². The number of aryl methyl sites for hydroxylation is 2. The maximum Gasteiger partial charge on any atom is 0.228 e. The first-order valence-electron chi connectivity index (χ1n) is 6.02. The first-order valence-corrected chi connectivity index (χ1v) is 6.81. The van der Waals surface area contributed by atoms with Gasteiger partial charge in [-0.2, -0.15) is 0 Å². The van der Waals surface area contributed by atoms with Gasteiger partial charge in [0.15, 0.2) is 0 Å². The van der Waals surface area contributed by atoms with Crippen molar-refractivity contribution in [3.8, 4) is 0 Å². The number of carbonyl (C=O) groups is 1. The topological polar surface area (TPSA) is 42.0 Å². The second-order valence-electron chi connectivity index (χ2n) is 4.49. The van der Waals surface area contributed by atoms with Gasteiger partial charge < -0.3 is 5.32 Å². The van der Waals surface area contributed by atoms with Gasteiger partial charge in [-0.1, -0.05) is 22.0 Å². The Morgan fingerprint density at radius 3 is 2.68 bits per heavy atom. The maximum atomic E-state index is 12.0. The van der Waals surface area contributed by atoms with E-state index in [1.54, 1.807) is 6.20 Å². The van der Waals surface area contributed by atoms with Crippen LogP contribution in [0.15, 0.2) is 41.0 Å². The summed E-state index contributed by atoms with van der Waals surface area (Å²) in [6.45, 7) is 3.89. The number of benzene rings is 1. The Hall–Kier alpha value is -1.68. The van der Waals surface area contributed by atoms with Crippen molar-refractivity contribution in [1.82, 2.24) is 4.98 Å². The highest BCUT2D eigenvalue weighted by Gasteiger charge is 2.06. The Morgan fingerprint density at radius 1 is 1.26 bits per heavy atom. The van der Waals surface area contributed by atoms with Crippen molar-refractivity contribution in [2.45, 2.75) is 20.3 Å². The van der Waals surface area contributed by atoms with Gasteiger partial charge in [0, 0.05) is 22.1 Å². The van der Waals surface area contributed by atoms with E-state index in [0.717, 1.165) is 27.0 Å². The van der Waals surface area contributed by atoms with Crippen LogP contribution in [0.5, 0.6) is 0 Å². The molecule has 1 amide bonds. The molecule has 4 heteroatoms. The number of nitrogens with zero attached hydrogens (tertiary/aromatic N) is 1. The van der Waals surface area contributed by atoms with Gasteiger partial charge in [0.05, 0.1) is 6.42 Å². The molecule has 0 fully saturated rings. The van der Waals surface area contributed by atoms with E-state index < -0.39 is 0 Å². The van der Waals surface area contributed by atoms with Crippen molar-refractivity contribution >= 4 is 27.5 Å². The van der Waals surface area contributed by atoms with Crippen molar-refractivity contribution in [1.29, 1.82) is 0 Å². The molecule has 3 nitrogen and oxygen atoms in total. The molecule has 1 aromatic heterocycles. The minimum absolute atomic E-state index is 0.0314. The zero-order valence-electron chi connectivity index (χ0n) is 10.9. The lowest BCUT2D eigenvalue weighted by Crippen LogP contribution is -2.15. The van der Waals surface area contributed by atoms with Crippen molar-refractivity contribution in [2.24, 2.45) is 0 Å².